The van der Waals surface area contributed by atoms with Crippen LogP contribution in [0.5, 0.6) is 0 Å². The van der Waals surface area contributed by atoms with Crippen LogP contribution in [-0.2, 0) is 5.41 Å². The third-order valence-electron chi connectivity index (χ3n) is 12.5. The maximum absolute atomic E-state index is 5.58. The number of hydrogen-bond acceptors (Lipinski definition) is 5. The van der Waals surface area contributed by atoms with Crippen molar-refractivity contribution in [1.29, 1.82) is 0 Å². The van der Waals surface area contributed by atoms with Gasteiger partial charge in [-0.2, -0.15) is 0 Å². The molecule has 5 aromatic carbocycles. The third-order valence-corrected chi connectivity index (χ3v) is 12.5. The van der Waals surface area contributed by atoms with Gasteiger partial charge >= 0.3 is 0 Å². The minimum Gasteiger partial charge on any atom is -0.236 e. The Bertz CT molecular complexity index is 2450. The largest absolute Gasteiger partial charge is 0.236 e. The van der Waals surface area contributed by atoms with Crippen molar-refractivity contribution in [3.05, 3.63) is 151 Å². The van der Waals surface area contributed by atoms with E-state index in [0.29, 0.717) is 23.5 Å². The zero-order valence-electron chi connectivity index (χ0n) is 28.9. The molecule has 7 aromatic rings. The molecular weight excluding hydrogens is 635 g/mol. The van der Waals surface area contributed by atoms with E-state index in [-0.39, 0.29) is 5.41 Å². The van der Waals surface area contributed by atoms with Crippen molar-refractivity contribution in [3.63, 3.8) is 0 Å². The van der Waals surface area contributed by atoms with E-state index in [1.807, 2.05) is 6.07 Å². The highest BCUT2D eigenvalue weighted by atomic mass is 15.0. The molecule has 0 aliphatic heterocycles. The average molecular weight is 672 g/mol. The van der Waals surface area contributed by atoms with Crippen LogP contribution < -0.4 is 0 Å². The van der Waals surface area contributed by atoms with Gasteiger partial charge in [0.2, 0.25) is 0 Å². The Morgan fingerprint density at radius 2 is 0.923 bits per heavy atom. The van der Waals surface area contributed by atoms with Crippen molar-refractivity contribution in [1.82, 2.24) is 24.9 Å². The fourth-order valence-corrected chi connectivity index (χ4v) is 10.7. The molecule has 4 saturated carbocycles. The molecule has 52 heavy (non-hydrogen) atoms. The summed E-state index contributed by atoms with van der Waals surface area (Å²) in [5, 5.41) is 0. The second kappa shape index (κ2) is 11.6. The predicted octanol–water partition coefficient (Wildman–Crippen LogP) is 10.7. The fourth-order valence-electron chi connectivity index (χ4n) is 10.7. The van der Waals surface area contributed by atoms with E-state index < -0.39 is 0 Å². The van der Waals surface area contributed by atoms with Crippen molar-refractivity contribution in [2.24, 2.45) is 23.7 Å². The zero-order chi connectivity index (χ0) is 34.2. The number of benzene rings is 5. The van der Waals surface area contributed by atoms with Gasteiger partial charge in [-0.1, -0.05) is 127 Å². The summed E-state index contributed by atoms with van der Waals surface area (Å²) in [7, 11) is 0. The Balaban J connectivity index is 1.15. The van der Waals surface area contributed by atoms with Crippen molar-refractivity contribution in [2.45, 2.75) is 37.5 Å². The molecule has 5 nitrogen and oxygen atoms in total. The van der Waals surface area contributed by atoms with Crippen molar-refractivity contribution in [2.75, 3.05) is 0 Å². The van der Waals surface area contributed by atoms with E-state index >= 15 is 0 Å². The second-order valence-electron chi connectivity index (χ2n) is 15.3. The molecule has 0 N–H and O–H groups in total. The summed E-state index contributed by atoms with van der Waals surface area (Å²) in [5.74, 6) is 5.59. The van der Waals surface area contributed by atoms with Crippen molar-refractivity contribution >= 4 is 0 Å². The minimum atomic E-state index is -0.200. The van der Waals surface area contributed by atoms with Gasteiger partial charge in [0.1, 0.15) is 0 Å². The molecule has 5 heteroatoms. The lowest BCUT2D eigenvalue weighted by Crippen LogP contribution is -2.55. The van der Waals surface area contributed by atoms with E-state index in [1.165, 1.54) is 60.1 Å². The van der Waals surface area contributed by atoms with Gasteiger partial charge < -0.3 is 0 Å². The molecule has 2 heterocycles. The maximum atomic E-state index is 5.58. The Morgan fingerprint density at radius 1 is 0.404 bits per heavy atom. The van der Waals surface area contributed by atoms with E-state index in [1.54, 1.807) is 0 Å². The first-order chi connectivity index (χ1) is 25.7. The van der Waals surface area contributed by atoms with Gasteiger partial charge in [0.05, 0.1) is 5.69 Å². The highest BCUT2D eigenvalue weighted by Gasteiger charge is 2.63. The number of aromatic nitrogens is 5. The van der Waals surface area contributed by atoms with Gasteiger partial charge in [0, 0.05) is 39.4 Å². The summed E-state index contributed by atoms with van der Waals surface area (Å²) in [6, 6.07) is 46.6. The molecule has 5 aliphatic carbocycles. The molecule has 0 saturated heterocycles. The summed E-state index contributed by atoms with van der Waals surface area (Å²) in [5.41, 5.74) is 11.2. The molecule has 250 valence electrons. The lowest BCUT2D eigenvalue weighted by molar-refractivity contribution is -0.0413. The summed E-state index contributed by atoms with van der Waals surface area (Å²) in [6.45, 7) is 0. The monoisotopic (exact) mass is 671 g/mol. The number of nitrogens with zero attached hydrogens (tertiary/aromatic N) is 5. The van der Waals surface area contributed by atoms with Crippen LogP contribution in [0.1, 0.15) is 43.4 Å². The Labute approximate surface area is 303 Å². The lowest BCUT2D eigenvalue weighted by Gasteiger charge is -2.60. The van der Waals surface area contributed by atoms with E-state index in [0.717, 1.165) is 51.3 Å². The van der Waals surface area contributed by atoms with Gasteiger partial charge in [-0.05, 0) is 84.1 Å². The average Bonchev–Trinajstić information content (AvgIpc) is 3.51. The summed E-state index contributed by atoms with van der Waals surface area (Å²) in [4.78, 5) is 26.4. The first kappa shape index (κ1) is 29.9. The van der Waals surface area contributed by atoms with Gasteiger partial charge in [-0.15, -0.1) is 0 Å². The van der Waals surface area contributed by atoms with E-state index in [2.05, 4.69) is 134 Å². The van der Waals surface area contributed by atoms with E-state index in [4.69, 9.17) is 24.9 Å². The Kier molecular flexibility index (Phi) is 6.67. The molecule has 0 atom stereocenters. The molecular formula is C47H37N5. The topological polar surface area (TPSA) is 64.5 Å². The highest BCUT2D eigenvalue weighted by Crippen LogP contribution is 2.70. The predicted molar refractivity (Wildman–Crippen MR) is 206 cm³/mol. The number of hydrogen-bond donors (Lipinski definition) is 0. The van der Waals surface area contributed by atoms with Crippen LogP contribution in [0.25, 0.3) is 67.8 Å². The standard InChI is InChI=1S/C47H37N5/c1-4-12-31(13-5-1)34-18-10-19-35(27-34)45-50-44(33-16-8-3-9-17-33)51-46(52-45)39-21-11-20-38-40-28-48-43(32-14-6-2-7-15-32)49-42(40)47(41(38)39)36-23-29-22-30(25-36)26-37(47)24-29/h1-21,27-30,36-37H,22-26H2. The molecule has 5 aliphatic rings. The Morgan fingerprint density at radius 3 is 1.60 bits per heavy atom. The number of rotatable bonds is 5. The summed E-state index contributed by atoms with van der Waals surface area (Å²) < 4.78 is 0. The molecule has 0 amide bonds. The minimum absolute atomic E-state index is 0.200. The van der Waals surface area contributed by atoms with Crippen LogP contribution in [0, 0.1) is 23.7 Å². The molecule has 2 aromatic heterocycles. The molecule has 4 bridgehead atoms. The van der Waals surface area contributed by atoms with Gasteiger partial charge in [-0.3, -0.25) is 0 Å². The first-order valence-electron chi connectivity index (χ1n) is 18.8. The van der Waals surface area contributed by atoms with Crippen LogP contribution in [0.2, 0.25) is 0 Å². The van der Waals surface area contributed by atoms with Crippen molar-refractivity contribution < 1.29 is 0 Å². The fraction of sp³-hybridized carbons (Fsp3) is 0.213. The molecule has 4 fully saturated rings. The SMILES string of the molecule is c1ccc(-c2cccc(-c3nc(-c4ccccc4)nc(-c4cccc5c4C4(c6nc(-c7ccccc7)ncc6-5)C5CC6CC(C5)CC4C6)n3)c2)cc1. The normalized spacial score (nSPS) is 23.5. The third kappa shape index (κ3) is 4.51. The highest BCUT2D eigenvalue weighted by molar-refractivity contribution is 5.87. The number of fused-ring (bicyclic) bond motifs is 3. The molecule has 1 spiro atoms. The lowest BCUT2D eigenvalue weighted by atomic mass is 9.43. The van der Waals surface area contributed by atoms with Crippen LogP contribution in [0.15, 0.2) is 140 Å². The maximum Gasteiger partial charge on any atom is 0.164 e. The quantitative estimate of drug-likeness (QED) is 0.182. The van der Waals surface area contributed by atoms with E-state index in [9.17, 15) is 0 Å². The van der Waals surface area contributed by atoms with Gasteiger partial charge in [0.25, 0.3) is 0 Å². The van der Waals surface area contributed by atoms with Crippen LogP contribution in [0.3, 0.4) is 0 Å². The zero-order valence-corrected chi connectivity index (χ0v) is 28.9. The Hall–Kier alpha value is -5.81. The first-order valence-corrected chi connectivity index (χ1v) is 18.8. The van der Waals surface area contributed by atoms with Gasteiger partial charge in [0.15, 0.2) is 23.3 Å². The smallest absolute Gasteiger partial charge is 0.164 e. The second-order valence-corrected chi connectivity index (χ2v) is 15.3. The van der Waals surface area contributed by atoms with Crippen molar-refractivity contribution in [3.8, 4) is 67.8 Å². The van der Waals surface area contributed by atoms with Crippen LogP contribution in [0.4, 0.5) is 0 Å². The molecule has 0 unspecified atom stereocenters. The van der Waals surface area contributed by atoms with Gasteiger partial charge in [-0.25, -0.2) is 24.9 Å². The van der Waals surface area contributed by atoms with Crippen LogP contribution >= 0.6 is 0 Å². The van der Waals surface area contributed by atoms with Crippen LogP contribution in [-0.4, -0.2) is 24.9 Å². The summed E-state index contributed by atoms with van der Waals surface area (Å²) >= 11 is 0. The molecule has 12 rings (SSSR count). The summed E-state index contributed by atoms with van der Waals surface area (Å²) in [6.07, 6.45) is 8.53. The molecule has 0 radical (unpaired) electrons.